The number of rotatable bonds is 26. The van der Waals surface area contributed by atoms with Gasteiger partial charge in [0.05, 0.1) is 0 Å². The van der Waals surface area contributed by atoms with Gasteiger partial charge in [0.1, 0.15) is 0 Å². The zero-order valence-corrected chi connectivity index (χ0v) is 25.0. The molecular weight excluding hydrogens is 458 g/mol. The lowest BCUT2D eigenvalue weighted by molar-refractivity contribution is 0.471. The average molecular weight is 520 g/mol. The molecule has 37 heavy (non-hydrogen) atoms. The maximum Gasteiger partial charge on any atom is 0.231 e. The summed E-state index contributed by atoms with van der Waals surface area (Å²) in [6, 6.07) is 0. The van der Waals surface area contributed by atoms with E-state index >= 15 is 0 Å². The maximum atomic E-state index is 5.72. The molecule has 4 N–H and O–H groups in total. The van der Waals surface area contributed by atoms with Crippen LogP contribution in [0.15, 0.2) is 0 Å². The highest BCUT2D eigenvalue weighted by Crippen LogP contribution is 2.19. The number of anilines is 3. The fourth-order valence-corrected chi connectivity index (χ4v) is 4.62. The van der Waals surface area contributed by atoms with Crippen molar-refractivity contribution in [2.24, 2.45) is 11.7 Å². The zero-order chi connectivity index (χ0) is 27.0. The number of nitrogens with two attached hydrogens (primary N) is 1. The lowest BCUT2D eigenvalue weighted by atomic mass is 9.99. The van der Waals surface area contributed by atoms with Crippen LogP contribution in [0, 0.1) is 5.92 Å². The minimum Gasteiger partial charge on any atom is -0.354 e. The third kappa shape index (κ3) is 16.7. The van der Waals surface area contributed by atoms with Gasteiger partial charge in [0.2, 0.25) is 17.8 Å². The van der Waals surface area contributed by atoms with E-state index in [4.69, 9.17) is 20.7 Å². The van der Waals surface area contributed by atoms with Crippen LogP contribution in [0.3, 0.4) is 0 Å². The molecular formula is C30H61N7. The van der Waals surface area contributed by atoms with Gasteiger partial charge in [0.25, 0.3) is 0 Å². The van der Waals surface area contributed by atoms with Crippen LogP contribution < -0.4 is 21.3 Å². The van der Waals surface area contributed by atoms with Crippen LogP contribution in [-0.4, -0.2) is 47.7 Å². The van der Waals surface area contributed by atoms with Crippen LogP contribution in [0.5, 0.6) is 0 Å². The van der Waals surface area contributed by atoms with Crippen LogP contribution in [0.4, 0.5) is 17.8 Å². The van der Waals surface area contributed by atoms with Crippen LogP contribution in [0.1, 0.15) is 137 Å². The Labute approximate surface area is 229 Å². The quantitative estimate of drug-likeness (QED) is 0.108. The SMILES string of the molecule is CCCCCCCCN(CCCCCCCC)c1nc(NCCCN)nc(NCC(CC)CCCC)n1. The predicted octanol–water partition coefficient (Wildman–Crippen LogP) is 7.79. The average Bonchev–Trinajstić information content (AvgIpc) is 2.91. The van der Waals surface area contributed by atoms with Crippen LogP contribution >= 0.6 is 0 Å². The molecule has 0 aliphatic carbocycles. The van der Waals surface area contributed by atoms with Crippen molar-refractivity contribution in [1.29, 1.82) is 0 Å². The van der Waals surface area contributed by atoms with E-state index in [1.54, 1.807) is 0 Å². The molecule has 1 heterocycles. The Bertz CT molecular complexity index is 624. The second-order valence-corrected chi connectivity index (χ2v) is 10.7. The maximum absolute atomic E-state index is 5.72. The van der Waals surface area contributed by atoms with Gasteiger partial charge in [-0.15, -0.1) is 0 Å². The molecule has 1 unspecified atom stereocenters. The summed E-state index contributed by atoms with van der Waals surface area (Å²) < 4.78 is 0. The van der Waals surface area contributed by atoms with E-state index in [0.717, 1.165) is 38.5 Å². The Morgan fingerprint density at radius 2 is 1.19 bits per heavy atom. The van der Waals surface area contributed by atoms with Gasteiger partial charge < -0.3 is 21.3 Å². The molecule has 7 heteroatoms. The summed E-state index contributed by atoms with van der Waals surface area (Å²) in [5.74, 6) is 2.83. The largest absolute Gasteiger partial charge is 0.354 e. The summed E-state index contributed by atoms with van der Waals surface area (Å²) in [6.45, 7) is 13.5. The van der Waals surface area contributed by atoms with Gasteiger partial charge in [-0.25, -0.2) is 0 Å². The Balaban J connectivity index is 2.93. The fraction of sp³-hybridized carbons (Fsp3) is 0.900. The molecule has 216 valence electrons. The molecule has 1 atom stereocenters. The van der Waals surface area contributed by atoms with Crippen molar-refractivity contribution in [2.45, 2.75) is 137 Å². The van der Waals surface area contributed by atoms with E-state index < -0.39 is 0 Å². The van der Waals surface area contributed by atoms with Gasteiger partial charge in [-0.3, -0.25) is 0 Å². The highest BCUT2D eigenvalue weighted by molar-refractivity contribution is 5.44. The smallest absolute Gasteiger partial charge is 0.231 e. The topological polar surface area (TPSA) is 92.0 Å². The molecule has 0 fully saturated rings. The molecule has 0 aliphatic rings. The van der Waals surface area contributed by atoms with Gasteiger partial charge in [-0.05, 0) is 38.1 Å². The summed E-state index contributed by atoms with van der Waals surface area (Å²) in [5, 5.41) is 6.95. The number of hydrogen-bond donors (Lipinski definition) is 3. The van der Waals surface area contributed by atoms with E-state index in [9.17, 15) is 0 Å². The molecule has 0 amide bonds. The molecule has 0 saturated carbocycles. The zero-order valence-electron chi connectivity index (χ0n) is 25.0. The summed E-state index contributed by atoms with van der Waals surface area (Å²) in [7, 11) is 0. The minimum atomic E-state index is 0.649. The monoisotopic (exact) mass is 519 g/mol. The summed E-state index contributed by atoms with van der Waals surface area (Å²) in [5.41, 5.74) is 5.72. The molecule has 0 bridgehead atoms. The Kier molecular flexibility index (Phi) is 21.2. The Morgan fingerprint density at radius 3 is 1.73 bits per heavy atom. The third-order valence-corrected chi connectivity index (χ3v) is 7.23. The van der Waals surface area contributed by atoms with Crippen molar-refractivity contribution >= 4 is 17.8 Å². The summed E-state index contributed by atoms with van der Waals surface area (Å²) >= 11 is 0. The highest BCUT2D eigenvalue weighted by atomic mass is 15.3. The normalized spacial score (nSPS) is 12.0. The first-order valence-corrected chi connectivity index (χ1v) is 15.9. The Morgan fingerprint density at radius 1 is 0.649 bits per heavy atom. The third-order valence-electron chi connectivity index (χ3n) is 7.23. The molecule has 1 aromatic rings. The van der Waals surface area contributed by atoms with Gasteiger partial charge in [-0.2, -0.15) is 15.0 Å². The Hall–Kier alpha value is -1.63. The van der Waals surface area contributed by atoms with Crippen molar-refractivity contribution in [2.75, 3.05) is 48.3 Å². The first-order chi connectivity index (χ1) is 18.2. The number of nitrogens with one attached hydrogen (secondary N) is 2. The first-order valence-electron chi connectivity index (χ1n) is 15.9. The summed E-state index contributed by atoms with van der Waals surface area (Å²) in [6.07, 6.45) is 21.4. The van der Waals surface area contributed by atoms with Crippen LogP contribution in [-0.2, 0) is 0 Å². The van der Waals surface area contributed by atoms with Crippen molar-refractivity contribution < 1.29 is 0 Å². The fourth-order valence-electron chi connectivity index (χ4n) is 4.62. The minimum absolute atomic E-state index is 0.649. The second kappa shape index (κ2) is 23.5. The van der Waals surface area contributed by atoms with Crippen molar-refractivity contribution in [3.05, 3.63) is 0 Å². The van der Waals surface area contributed by atoms with Crippen LogP contribution in [0.25, 0.3) is 0 Å². The predicted molar refractivity (Wildman–Crippen MR) is 163 cm³/mol. The van der Waals surface area contributed by atoms with Gasteiger partial charge >= 0.3 is 0 Å². The van der Waals surface area contributed by atoms with Gasteiger partial charge in [-0.1, -0.05) is 111 Å². The highest BCUT2D eigenvalue weighted by Gasteiger charge is 2.15. The first kappa shape index (κ1) is 33.4. The van der Waals surface area contributed by atoms with E-state index in [1.807, 2.05) is 0 Å². The molecule has 0 saturated heterocycles. The number of hydrogen-bond acceptors (Lipinski definition) is 7. The summed E-state index contributed by atoms with van der Waals surface area (Å²) in [4.78, 5) is 16.9. The van der Waals surface area contributed by atoms with E-state index in [1.165, 1.54) is 103 Å². The van der Waals surface area contributed by atoms with E-state index in [2.05, 4.69) is 43.2 Å². The lowest BCUT2D eigenvalue weighted by Crippen LogP contribution is -2.29. The molecule has 0 spiro atoms. The van der Waals surface area contributed by atoms with Crippen molar-refractivity contribution in [3.63, 3.8) is 0 Å². The standard InChI is InChI=1S/C30H61N7/c1-5-9-12-14-16-18-24-37(25-19-17-15-13-10-6-2)30-35-28(32-23-20-22-31)34-29(36-30)33-26-27(8-4)21-11-7-3/h27H,5-26,31H2,1-4H3,(H2,32,33,34,35,36). The van der Waals surface area contributed by atoms with Gasteiger partial charge in [0.15, 0.2) is 0 Å². The lowest BCUT2D eigenvalue weighted by Gasteiger charge is -2.24. The molecule has 0 aromatic carbocycles. The van der Waals surface area contributed by atoms with Gasteiger partial charge in [0, 0.05) is 26.2 Å². The van der Waals surface area contributed by atoms with Crippen molar-refractivity contribution in [3.8, 4) is 0 Å². The number of nitrogens with zero attached hydrogens (tertiary/aromatic N) is 4. The molecule has 0 aliphatic heterocycles. The number of aromatic nitrogens is 3. The van der Waals surface area contributed by atoms with Crippen LogP contribution in [0.2, 0.25) is 0 Å². The van der Waals surface area contributed by atoms with Crippen molar-refractivity contribution in [1.82, 2.24) is 15.0 Å². The molecule has 7 nitrogen and oxygen atoms in total. The molecule has 1 rings (SSSR count). The number of unbranched alkanes of at least 4 members (excludes halogenated alkanes) is 11. The molecule has 1 aromatic heterocycles. The van der Waals surface area contributed by atoms with E-state index in [0.29, 0.717) is 24.4 Å². The molecule has 0 radical (unpaired) electrons. The van der Waals surface area contributed by atoms with E-state index in [-0.39, 0.29) is 0 Å². The second-order valence-electron chi connectivity index (χ2n) is 10.7.